The molecule has 2 heterocycles. The Hall–Kier alpha value is -2.24. The molecule has 1 atom stereocenters. The molecule has 1 aliphatic rings. The van der Waals surface area contributed by atoms with Crippen LogP contribution in [0.15, 0.2) is 60.7 Å². The Kier molecular flexibility index (Phi) is 4.74. The van der Waals surface area contributed by atoms with Crippen LogP contribution in [-0.4, -0.2) is 32.9 Å². The van der Waals surface area contributed by atoms with Gasteiger partial charge in [-0.2, -0.15) is 5.10 Å². The highest BCUT2D eigenvalue weighted by Crippen LogP contribution is 2.39. The number of rotatable bonds is 3. The molecule has 0 aliphatic carbocycles. The summed E-state index contributed by atoms with van der Waals surface area (Å²) in [6, 6.07) is 19.5. The van der Waals surface area contributed by atoms with E-state index >= 15 is 0 Å². The highest BCUT2D eigenvalue weighted by Gasteiger charge is 2.33. The molecule has 0 radical (unpaired) electrons. The van der Waals surface area contributed by atoms with Gasteiger partial charge in [-0.15, -0.1) is 11.8 Å². The molecule has 26 heavy (non-hydrogen) atoms. The van der Waals surface area contributed by atoms with Crippen molar-refractivity contribution >= 4 is 29.3 Å². The minimum absolute atomic E-state index is 0.00263. The standard InChI is InChI=1S/C20H18ClN3OS/c1-23-18(13-17(22-23)14-6-3-2-4-7-14)19(25)24-10-11-26-20(24)15-8-5-9-16(21)12-15/h2-9,12-13,20H,10-11H2,1H3. The highest BCUT2D eigenvalue weighted by atomic mass is 35.5. The third-order valence-corrected chi connectivity index (χ3v) is 5.95. The van der Waals surface area contributed by atoms with E-state index in [9.17, 15) is 4.79 Å². The van der Waals surface area contributed by atoms with Gasteiger partial charge in [0, 0.05) is 29.9 Å². The molecule has 1 unspecified atom stereocenters. The highest BCUT2D eigenvalue weighted by molar-refractivity contribution is 7.99. The van der Waals surface area contributed by atoms with Gasteiger partial charge in [0.25, 0.3) is 5.91 Å². The summed E-state index contributed by atoms with van der Waals surface area (Å²) in [7, 11) is 1.82. The van der Waals surface area contributed by atoms with Crippen LogP contribution >= 0.6 is 23.4 Å². The van der Waals surface area contributed by atoms with Gasteiger partial charge in [-0.1, -0.05) is 54.1 Å². The maximum Gasteiger partial charge on any atom is 0.273 e. The van der Waals surface area contributed by atoms with E-state index in [4.69, 9.17) is 11.6 Å². The average molecular weight is 384 g/mol. The fraction of sp³-hybridized carbons (Fsp3) is 0.200. The predicted octanol–water partition coefficient (Wildman–Crippen LogP) is 4.63. The van der Waals surface area contributed by atoms with Crippen molar-refractivity contribution in [1.29, 1.82) is 0 Å². The minimum Gasteiger partial charge on any atom is -0.320 e. The van der Waals surface area contributed by atoms with Crippen LogP contribution in [0, 0.1) is 0 Å². The molecule has 132 valence electrons. The summed E-state index contributed by atoms with van der Waals surface area (Å²) in [5.41, 5.74) is 3.46. The van der Waals surface area contributed by atoms with E-state index in [1.807, 2.05) is 72.6 Å². The zero-order valence-electron chi connectivity index (χ0n) is 14.3. The third-order valence-electron chi connectivity index (χ3n) is 4.45. The first-order valence-electron chi connectivity index (χ1n) is 8.41. The molecule has 6 heteroatoms. The zero-order valence-corrected chi connectivity index (χ0v) is 15.9. The number of carbonyl (C=O) groups is 1. The first-order chi connectivity index (χ1) is 12.6. The summed E-state index contributed by atoms with van der Waals surface area (Å²) in [5, 5.41) is 5.20. The largest absolute Gasteiger partial charge is 0.320 e. The zero-order chi connectivity index (χ0) is 18.1. The summed E-state index contributed by atoms with van der Waals surface area (Å²) in [6.07, 6.45) is 0. The molecule has 0 saturated carbocycles. The number of hydrogen-bond acceptors (Lipinski definition) is 3. The molecule has 1 aromatic heterocycles. The second kappa shape index (κ2) is 7.17. The van der Waals surface area contributed by atoms with E-state index in [0.29, 0.717) is 17.3 Å². The maximum absolute atomic E-state index is 13.2. The second-order valence-corrected chi connectivity index (χ2v) is 7.81. The van der Waals surface area contributed by atoms with Gasteiger partial charge in [0.05, 0.1) is 5.69 Å². The first kappa shape index (κ1) is 17.2. The third kappa shape index (κ3) is 3.24. The molecule has 1 amide bonds. The number of halogens is 1. The molecule has 4 rings (SSSR count). The van der Waals surface area contributed by atoms with Gasteiger partial charge >= 0.3 is 0 Å². The van der Waals surface area contributed by atoms with Crippen LogP contribution in [0.3, 0.4) is 0 Å². The van der Waals surface area contributed by atoms with Gasteiger partial charge in [-0.05, 0) is 23.8 Å². The summed E-state index contributed by atoms with van der Waals surface area (Å²) >= 11 is 7.90. The first-order valence-corrected chi connectivity index (χ1v) is 9.83. The Morgan fingerprint density at radius 3 is 2.73 bits per heavy atom. The van der Waals surface area contributed by atoms with Crippen LogP contribution in [-0.2, 0) is 7.05 Å². The van der Waals surface area contributed by atoms with Crippen LogP contribution in [0.1, 0.15) is 21.4 Å². The molecular weight excluding hydrogens is 366 g/mol. The predicted molar refractivity (Wildman–Crippen MR) is 106 cm³/mol. The Bertz CT molecular complexity index is 941. The lowest BCUT2D eigenvalue weighted by Gasteiger charge is -2.24. The van der Waals surface area contributed by atoms with Crippen molar-refractivity contribution in [2.45, 2.75) is 5.37 Å². The van der Waals surface area contributed by atoms with Crippen LogP contribution < -0.4 is 0 Å². The van der Waals surface area contributed by atoms with Gasteiger partial charge in [-0.3, -0.25) is 9.48 Å². The van der Waals surface area contributed by atoms with Gasteiger partial charge in [0.15, 0.2) is 0 Å². The lowest BCUT2D eigenvalue weighted by atomic mass is 10.1. The maximum atomic E-state index is 13.2. The number of nitrogens with zero attached hydrogens (tertiary/aromatic N) is 3. The Morgan fingerprint density at radius 2 is 1.96 bits per heavy atom. The van der Waals surface area contributed by atoms with E-state index in [-0.39, 0.29) is 11.3 Å². The van der Waals surface area contributed by atoms with Crippen molar-refractivity contribution in [2.75, 3.05) is 12.3 Å². The van der Waals surface area contributed by atoms with Gasteiger partial charge in [0.2, 0.25) is 0 Å². The molecule has 0 bridgehead atoms. The molecule has 3 aromatic rings. The van der Waals surface area contributed by atoms with E-state index in [1.165, 1.54) is 0 Å². The number of amides is 1. The van der Waals surface area contributed by atoms with Crippen molar-refractivity contribution in [3.05, 3.63) is 76.9 Å². The van der Waals surface area contributed by atoms with Crippen LogP contribution in [0.25, 0.3) is 11.3 Å². The number of carbonyl (C=O) groups excluding carboxylic acids is 1. The van der Waals surface area contributed by atoms with Crippen molar-refractivity contribution in [1.82, 2.24) is 14.7 Å². The Morgan fingerprint density at radius 1 is 1.15 bits per heavy atom. The van der Waals surface area contributed by atoms with Crippen LogP contribution in [0.5, 0.6) is 0 Å². The molecule has 1 saturated heterocycles. The summed E-state index contributed by atoms with van der Waals surface area (Å²) < 4.78 is 1.67. The van der Waals surface area contributed by atoms with E-state index in [0.717, 1.165) is 22.6 Å². The smallest absolute Gasteiger partial charge is 0.273 e. The molecule has 0 spiro atoms. The molecule has 1 aliphatic heterocycles. The van der Waals surface area contributed by atoms with Crippen molar-refractivity contribution in [3.63, 3.8) is 0 Å². The van der Waals surface area contributed by atoms with E-state index in [1.54, 1.807) is 16.4 Å². The lowest BCUT2D eigenvalue weighted by Crippen LogP contribution is -2.31. The van der Waals surface area contributed by atoms with Gasteiger partial charge in [-0.25, -0.2) is 0 Å². The number of aryl methyl sites for hydroxylation is 1. The van der Waals surface area contributed by atoms with Crippen LogP contribution in [0.2, 0.25) is 5.02 Å². The molecule has 4 nitrogen and oxygen atoms in total. The number of aromatic nitrogens is 2. The Labute approximate surface area is 161 Å². The fourth-order valence-electron chi connectivity index (χ4n) is 3.18. The average Bonchev–Trinajstić information content (AvgIpc) is 3.29. The molecule has 0 N–H and O–H groups in total. The van der Waals surface area contributed by atoms with Crippen molar-refractivity contribution in [2.24, 2.45) is 7.05 Å². The Balaban J connectivity index is 1.64. The second-order valence-electron chi connectivity index (χ2n) is 6.18. The summed E-state index contributed by atoms with van der Waals surface area (Å²) in [5.74, 6) is 0.906. The van der Waals surface area contributed by atoms with Crippen molar-refractivity contribution < 1.29 is 4.79 Å². The van der Waals surface area contributed by atoms with E-state index < -0.39 is 0 Å². The topological polar surface area (TPSA) is 38.1 Å². The number of benzene rings is 2. The summed E-state index contributed by atoms with van der Waals surface area (Å²) in [6.45, 7) is 0.715. The fourth-order valence-corrected chi connectivity index (χ4v) is 4.62. The quantitative estimate of drug-likeness (QED) is 0.661. The van der Waals surface area contributed by atoms with Gasteiger partial charge in [0.1, 0.15) is 11.1 Å². The van der Waals surface area contributed by atoms with Crippen LogP contribution in [0.4, 0.5) is 0 Å². The number of thioether (sulfide) groups is 1. The lowest BCUT2D eigenvalue weighted by molar-refractivity contribution is 0.0749. The molecule has 2 aromatic carbocycles. The summed E-state index contributed by atoms with van der Waals surface area (Å²) in [4.78, 5) is 15.1. The molecule has 1 fully saturated rings. The van der Waals surface area contributed by atoms with E-state index in [2.05, 4.69) is 5.10 Å². The SMILES string of the molecule is Cn1nc(-c2ccccc2)cc1C(=O)N1CCSC1c1cccc(Cl)c1. The van der Waals surface area contributed by atoms with Gasteiger partial charge < -0.3 is 4.90 Å². The monoisotopic (exact) mass is 383 g/mol. The molecular formula is C20H18ClN3OS. The minimum atomic E-state index is -0.0173. The number of hydrogen-bond donors (Lipinski definition) is 0. The normalized spacial score (nSPS) is 16.8. The van der Waals surface area contributed by atoms with Crippen molar-refractivity contribution in [3.8, 4) is 11.3 Å².